The smallest absolute Gasteiger partial charge is 0.233 e. The fraction of sp³-hybridized carbons (Fsp3) is 0.222. The molecule has 0 radical (unpaired) electrons. The number of aromatic nitrogens is 2. The molecule has 1 amide bonds. The quantitative estimate of drug-likeness (QED) is 0.683. The van der Waals surface area contributed by atoms with Crippen LogP contribution in [0.2, 0.25) is 0 Å². The number of hydrogen-bond donors (Lipinski definition) is 2. The van der Waals surface area contributed by atoms with Crippen molar-refractivity contribution in [3.05, 3.63) is 60.2 Å². The number of carbonyl (C=O) groups excluding carboxylic acids is 1. The summed E-state index contributed by atoms with van der Waals surface area (Å²) in [7, 11) is 0. The molecule has 3 aromatic rings. The summed E-state index contributed by atoms with van der Waals surface area (Å²) < 4.78 is 0. The van der Waals surface area contributed by atoms with Gasteiger partial charge in [-0.2, -0.15) is 0 Å². The maximum Gasteiger partial charge on any atom is 0.233 e. The van der Waals surface area contributed by atoms with Crippen LogP contribution in [-0.4, -0.2) is 27.7 Å². The molecule has 23 heavy (non-hydrogen) atoms. The summed E-state index contributed by atoms with van der Waals surface area (Å²) in [5.74, 6) is 0.0337. The second-order valence-corrected chi connectivity index (χ2v) is 6.68. The Kier molecular flexibility index (Phi) is 4.98. The van der Waals surface area contributed by atoms with Crippen molar-refractivity contribution in [2.75, 3.05) is 6.54 Å². The fourth-order valence-corrected chi connectivity index (χ4v) is 3.17. The van der Waals surface area contributed by atoms with Gasteiger partial charge in [0.05, 0.1) is 16.3 Å². The Morgan fingerprint density at radius 1 is 1.17 bits per heavy atom. The summed E-state index contributed by atoms with van der Waals surface area (Å²) >= 11 is 1.44. The summed E-state index contributed by atoms with van der Waals surface area (Å²) in [5.41, 5.74) is 3.14. The lowest BCUT2D eigenvalue weighted by molar-refractivity contribution is -0.120. The molecule has 2 N–H and O–H groups in total. The van der Waals surface area contributed by atoms with Crippen LogP contribution >= 0.6 is 11.8 Å². The van der Waals surface area contributed by atoms with Crippen molar-refractivity contribution in [1.29, 1.82) is 0 Å². The summed E-state index contributed by atoms with van der Waals surface area (Å²) in [6.07, 6.45) is 0.842. The van der Waals surface area contributed by atoms with Gasteiger partial charge in [0.2, 0.25) is 5.91 Å². The first-order chi connectivity index (χ1) is 11.2. The first-order valence-electron chi connectivity index (χ1n) is 7.65. The van der Waals surface area contributed by atoms with E-state index in [9.17, 15) is 4.79 Å². The van der Waals surface area contributed by atoms with Crippen molar-refractivity contribution in [3.63, 3.8) is 0 Å². The summed E-state index contributed by atoms with van der Waals surface area (Å²) in [6, 6.07) is 18.0. The third-order valence-electron chi connectivity index (χ3n) is 3.58. The first-order valence-corrected chi connectivity index (χ1v) is 8.53. The standard InChI is InChI=1S/C18H19N3OS/c1-13(17(22)19-12-11-14-7-3-2-4-8-14)23-18-20-15-9-5-6-10-16(15)21-18/h2-10,13H,11-12H2,1H3,(H,19,22)(H,20,21). The van der Waals surface area contributed by atoms with E-state index in [1.165, 1.54) is 17.3 Å². The molecule has 0 fully saturated rings. The Hall–Kier alpha value is -2.27. The Morgan fingerprint density at radius 2 is 1.91 bits per heavy atom. The molecule has 0 bridgehead atoms. The number of imidazole rings is 1. The van der Waals surface area contributed by atoms with E-state index < -0.39 is 0 Å². The van der Waals surface area contributed by atoms with Gasteiger partial charge >= 0.3 is 0 Å². The third kappa shape index (κ3) is 4.13. The molecule has 0 aliphatic carbocycles. The number of benzene rings is 2. The maximum atomic E-state index is 12.2. The van der Waals surface area contributed by atoms with Crippen LogP contribution in [0.5, 0.6) is 0 Å². The Bertz CT molecular complexity index is 752. The highest BCUT2D eigenvalue weighted by atomic mass is 32.2. The molecule has 1 heterocycles. The molecule has 5 heteroatoms. The molecule has 4 nitrogen and oxygen atoms in total. The van der Waals surface area contributed by atoms with Crippen molar-refractivity contribution in [1.82, 2.24) is 15.3 Å². The third-order valence-corrected chi connectivity index (χ3v) is 4.57. The lowest BCUT2D eigenvalue weighted by atomic mass is 10.1. The predicted octanol–water partition coefficient (Wildman–Crippen LogP) is 3.40. The minimum absolute atomic E-state index is 0.0337. The van der Waals surface area contributed by atoms with Gasteiger partial charge in [-0.1, -0.05) is 54.2 Å². The van der Waals surface area contributed by atoms with E-state index in [4.69, 9.17) is 0 Å². The highest BCUT2D eigenvalue weighted by Crippen LogP contribution is 2.23. The van der Waals surface area contributed by atoms with Crippen LogP contribution in [0.25, 0.3) is 11.0 Å². The Morgan fingerprint density at radius 3 is 2.70 bits per heavy atom. The predicted molar refractivity (Wildman–Crippen MR) is 94.6 cm³/mol. The normalized spacial score (nSPS) is 12.2. The van der Waals surface area contributed by atoms with Crippen LogP contribution in [0.3, 0.4) is 0 Å². The number of rotatable bonds is 6. The van der Waals surface area contributed by atoms with Gasteiger partial charge in [-0.3, -0.25) is 4.79 Å². The second kappa shape index (κ2) is 7.33. The highest BCUT2D eigenvalue weighted by Gasteiger charge is 2.16. The number of thioether (sulfide) groups is 1. The zero-order chi connectivity index (χ0) is 16.1. The van der Waals surface area contributed by atoms with Gasteiger partial charge in [-0.05, 0) is 31.0 Å². The van der Waals surface area contributed by atoms with Crippen LogP contribution in [0, 0.1) is 0 Å². The molecule has 118 valence electrons. The molecule has 0 saturated heterocycles. The number of fused-ring (bicyclic) bond motifs is 1. The van der Waals surface area contributed by atoms with Crippen molar-refractivity contribution in [3.8, 4) is 0 Å². The van der Waals surface area contributed by atoms with E-state index in [0.717, 1.165) is 22.6 Å². The molecular formula is C18H19N3OS. The minimum atomic E-state index is -0.189. The number of H-pyrrole nitrogens is 1. The molecule has 0 aliphatic rings. The Balaban J connectivity index is 1.51. The number of hydrogen-bond acceptors (Lipinski definition) is 3. The van der Waals surface area contributed by atoms with Crippen molar-refractivity contribution in [2.45, 2.75) is 23.8 Å². The maximum absolute atomic E-state index is 12.2. The van der Waals surface area contributed by atoms with Crippen LogP contribution in [0.4, 0.5) is 0 Å². The number of aromatic amines is 1. The number of carbonyl (C=O) groups is 1. The highest BCUT2D eigenvalue weighted by molar-refractivity contribution is 8.00. The molecule has 0 saturated carbocycles. The lowest BCUT2D eigenvalue weighted by Crippen LogP contribution is -2.32. The van der Waals surface area contributed by atoms with Gasteiger partial charge < -0.3 is 10.3 Å². The number of amides is 1. The molecule has 2 aromatic carbocycles. The average Bonchev–Trinajstić information content (AvgIpc) is 2.98. The van der Waals surface area contributed by atoms with Crippen LogP contribution in [0.1, 0.15) is 12.5 Å². The Labute approximate surface area is 139 Å². The van der Waals surface area contributed by atoms with E-state index in [1.807, 2.05) is 49.4 Å². The summed E-state index contributed by atoms with van der Waals surface area (Å²) in [5, 5.41) is 3.57. The second-order valence-electron chi connectivity index (χ2n) is 5.35. The van der Waals surface area contributed by atoms with Gasteiger partial charge in [0, 0.05) is 6.54 Å². The van der Waals surface area contributed by atoms with Crippen molar-refractivity contribution < 1.29 is 4.79 Å². The van der Waals surface area contributed by atoms with Gasteiger partial charge in [0.1, 0.15) is 0 Å². The molecule has 3 rings (SSSR count). The molecule has 0 spiro atoms. The molecule has 1 unspecified atom stereocenters. The van der Waals surface area contributed by atoms with Crippen molar-refractivity contribution in [2.24, 2.45) is 0 Å². The van der Waals surface area contributed by atoms with Gasteiger partial charge in [-0.15, -0.1) is 0 Å². The average molecular weight is 325 g/mol. The first kappa shape index (κ1) is 15.6. The van der Waals surface area contributed by atoms with E-state index in [-0.39, 0.29) is 11.2 Å². The van der Waals surface area contributed by atoms with Gasteiger partial charge in [-0.25, -0.2) is 4.98 Å². The lowest BCUT2D eigenvalue weighted by Gasteiger charge is -2.10. The monoisotopic (exact) mass is 325 g/mol. The minimum Gasteiger partial charge on any atom is -0.355 e. The van der Waals surface area contributed by atoms with Crippen LogP contribution < -0.4 is 5.32 Å². The zero-order valence-corrected chi connectivity index (χ0v) is 13.8. The fourth-order valence-electron chi connectivity index (χ4n) is 2.32. The van der Waals surface area contributed by atoms with E-state index in [1.54, 1.807) is 0 Å². The largest absolute Gasteiger partial charge is 0.355 e. The topological polar surface area (TPSA) is 57.8 Å². The molecular weight excluding hydrogens is 306 g/mol. The number of nitrogens with zero attached hydrogens (tertiary/aromatic N) is 1. The van der Waals surface area contributed by atoms with Gasteiger partial charge in [0.25, 0.3) is 0 Å². The molecule has 0 aliphatic heterocycles. The van der Waals surface area contributed by atoms with Gasteiger partial charge in [0.15, 0.2) is 5.16 Å². The van der Waals surface area contributed by atoms with E-state index in [2.05, 4.69) is 27.4 Å². The molecule has 1 atom stereocenters. The summed E-state index contributed by atoms with van der Waals surface area (Å²) in [6.45, 7) is 2.55. The number of nitrogens with one attached hydrogen (secondary N) is 2. The molecule has 1 aromatic heterocycles. The number of para-hydroxylation sites is 2. The zero-order valence-electron chi connectivity index (χ0n) is 13.0. The van der Waals surface area contributed by atoms with Crippen LogP contribution in [0.15, 0.2) is 59.8 Å². The van der Waals surface area contributed by atoms with Crippen molar-refractivity contribution >= 4 is 28.7 Å². The van der Waals surface area contributed by atoms with E-state index in [0.29, 0.717) is 6.54 Å². The van der Waals surface area contributed by atoms with E-state index >= 15 is 0 Å². The summed E-state index contributed by atoms with van der Waals surface area (Å²) in [4.78, 5) is 19.9. The SMILES string of the molecule is CC(Sc1nc2ccccc2[nH]1)C(=O)NCCc1ccccc1. The van der Waals surface area contributed by atoms with Crippen LogP contribution in [-0.2, 0) is 11.2 Å².